The second kappa shape index (κ2) is 5.54. The molecule has 104 valence electrons. The van der Waals surface area contributed by atoms with Crippen LogP contribution in [-0.2, 0) is 0 Å². The quantitative estimate of drug-likeness (QED) is 0.767. The molecule has 0 unspecified atom stereocenters. The van der Waals surface area contributed by atoms with E-state index < -0.39 is 0 Å². The first-order valence-corrected chi connectivity index (χ1v) is 6.39. The number of nitrogens with one attached hydrogen (secondary N) is 1. The molecule has 0 atom stereocenters. The summed E-state index contributed by atoms with van der Waals surface area (Å²) in [5.41, 5.74) is 2.32. The van der Waals surface area contributed by atoms with Gasteiger partial charge < -0.3 is 10.4 Å². The summed E-state index contributed by atoms with van der Waals surface area (Å²) in [7, 11) is 0. The SMILES string of the molecule is Cc1cccc(-c2ncc(O)c(Nc3ccncc3)n2)n1. The molecule has 0 aliphatic rings. The van der Waals surface area contributed by atoms with Gasteiger partial charge in [-0.2, -0.15) is 0 Å². The Morgan fingerprint density at radius 1 is 1.05 bits per heavy atom. The van der Waals surface area contributed by atoms with E-state index in [9.17, 15) is 5.11 Å². The second-order valence-electron chi connectivity index (χ2n) is 4.45. The van der Waals surface area contributed by atoms with E-state index in [1.54, 1.807) is 24.5 Å². The third kappa shape index (κ3) is 2.94. The van der Waals surface area contributed by atoms with Gasteiger partial charge in [0.25, 0.3) is 0 Å². The Kier molecular flexibility index (Phi) is 3.42. The minimum absolute atomic E-state index is 0.0248. The number of rotatable bonds is 3. The third-order valence-corrected chi connectivity index (χ3v) is 2.83. The van der Waals surface area contributed by atoms with Gasteiger partial charge in [0.1, 0.15) is 5.69 Å². The zero-order valence-corrected chi connectivity index (χ0v) is 11.4. The van der Waals surface area contributed by atoms with Gasteiger partial charge in [-0.3, -0.25) is 4.98 Å². The summed E-state index contributed by atoms with van der Waals surface area (Å²) in [4.78, 5) is 16.8. The first-order valence-electron chi connectivity index (χ1n) is 6.39. The van der Waals surface area contributed by atoms with Crippen molar-refractivity contribution in [2.45, 2.75) is 6.92 Å². The number of aromatic hydroxyl groups is 1. The second-order valence-corrected chi connectivity index (χ2v) is 4.45. The molecule has 0 bridgehead atoms. The van der Waals surface area contributed by atoms with Gasteiger partial charge in [0.05, 0.1) is 6.20 Å². The Morgan fingerprint density at radius 3 is 2.62 bits per heavy atom. The molecule has 3 aromatic heterocycles. The van der Waals surface area contributed by atoms with E-state index in [-0.39, 0.29) is 5.75 Å². The Balaban J connectivity index is 1.97. The van der Waals surface area contributed by atoms with Crippen molar-refractivity contribution in [2.24, 2.45) is 0 Å². The van der Waals surface area contributed by atoms with Crippen LogP contribution in [-0.4, -0.2) is 25.0 Å². The molecule has 3 rings (SSSR count). The minimum atomic E-state index is -0.0248. The molecular weight excluding hydrogens is 266 g/mol. The molecule has 0 radical (unpaired) electrons. The van der Waals surface area contributed by atoms with E-state index in [4.69, 9.17) is 0 Å². The van der Waals surface area contributed by atoms with Crippen LogP contribution in [0.25, 0.3) is 11.5 Å². The number of hydrogen-bond acceptors (Lipinski definition) is 6. The van der Waals surface area contributed by atoms with E-state index in [0.29, 0.717) is 17.3 Å². The molecule has 6 nitrogen and oxygen atoms in total. The maximum atomic E-state index is 9.87. The van der Waals surface area contributed by atoms with Crippen LogP contribution in [0.1, 0.15) is 5.69 Å². The molecule has 0 aliphatic carbocycles. The highest BCUT2D eigenvalue weighted by molar-refractivity contribution is 5.63. The van der Waals surface area contributed by atoms with E-state index >= 15 is 0 Å². The standard InChI is InChI=1S/C15H13N5O/c1-10-3-2-4-12(18-10)14-17-9-13(21)15(20-14)19-11-5-7-16-8-6-11/h2-9,21H,1H3,(H,16,17,19,20). The van der Waals surface area contributed by atoms with Crippen molar-refractivity contribution < 1.29 is 5.11 Å². The van der Waals surface area contributed by atoms with Gasteiger partial charge in [-0.1, -0.05) is 6.07 Å². The van der Waals surface area contributed by atoms with Crippen molar-refractivity contribution in [3.8, 4) is 17.3 Å². The van der Waals surface area contributed by atoms with Crippen LogP contribution in [0, 0.1) is 6.92 Å². The number of anilines is 2. The molecule has 0 aromatic carbocycles. The van der Waals surface area contributed by atoms with Crippen molar-refractivity contribution in [2.75, 3.05) is 5.32 Å². The van der Waals surface area contributed by atoms with Crippen molar-refractivity contribution in [3.63, 3.8) is 0 Å². The van der Waals surface area contributed by atoms with Gasteiger partial charge >= 0.3 is 0 Å². The van der Waals surface area contributed by atoms with Gasteiger partial charge in [-0.05, 0) is 31.2 Å². The van der Waals surface area contributed by atoms with Crippen LogP contribution < -0.4 is 5.32 Å². The van der Waals surface area contributed by atoms with Crippen LogP contribution in [0.3, 0.4) is 0 Å². The lowest BCUT2D eigenvalue weighted by Gasteiger charge is -2.08. The Hall–Kier alpha value is -3.02. The lowest BCUT2D eigenvalue weighted by atomic mass is 10.3. The number of hydrogen-bond donors (Lipinski definition) is 2. The van der Waals surface area contributed by atoms with Crippen molar-refractivity contribution >= 4 is 11.5 Å². The molecule has 0 aliphatic heterocycles. The third-order valence-electron chi connectivity index (χ3n) is 2.83. The molecular formula is C15H13N5O. The molecule has 0 saturated carbocycles. The highest BCUT2D eigenvalue weighted by atomic mass is 16.3. The fourth-order valence-electron chi connectivity index (χ4n) is 1.83. The lowest BCUT2D eigenvalue weighted by Crippen LogP contribution is -1.99. The molecule has 0 spiro atoms. The summed E-state index contributed by atoms with van der Waals surface area (Å²) < 4.78 is 0. The normalized spacial score (nSPS) is 10.3. The molecule has 21 heavy (non-hydrogen) atoms. The van der Waals surface area contributed by atoms with Gasteiger partial charge in [0, 0.05) is 23.8 Å². The summed E-state index contributed by atoms with van der Waals surface area (Å²) in [5.74, 6) is 0.755. The predicted molar refractivity (Wildman–Crippen MR) is 79.2 cm³/mol. The first kappa shape index (κ1) is 13.0. The predicted octanol–water partition coefficient (Wildman–Crippen LogP) is 2.69. The van der Waals surface area contributed by atoms with Crippen LogP contribution in [0.15, 0.2) is 48.9 Å². The number of nitrogens with zero attached hydrogens (tertiary/aromatic N) is 4. The van der Waals surface area contributed by atoms with Gasteiger partial charge in [0.2, 0.25) is 0 Å². The van der Waals surface area contributed by atoms with E-state index in [1.807, 2.05) is 25.1 Å². The highest BCUT2D eigenvalue weighted by Gasteiger charge is 2.09. The van der Waals surface area contributed by atoms with E-state index in [2.05, 4.69) is 25.3 Å². The lowest BCUT2D eigenvalue weighted by molar-refractivity contribution is 0.473. The molecule has 3 aromatic rings. The number of aryl methyl sites for hydroxylation is 1. The van der Waals surface area contributed by atoms with Crippen LogP contribution in [0.2, 0.25) is 0 Å². The van der Waals surface area contributed by atoms with Gasteiger partial charge in [-0.25, -0.2) is 15.0 Å². The molecule has 0 saturated heterocycles. The molecule has 2 N–H and O–H groups in total. The zero-order valence-electron chi connectivity index (χ0n) is 11.4. The topological polar surface area (TPSA) is 83.8 Å². The summed E-state index contributed by atoms with van der Waals surface area (Å²) in [6, 6.07) is 9.19. The van der Waals surface area contributed by atoms with Crippen LogP contribution in [0.5, 0.6) is 5.75 Å². The maximum absolute atomic E-state index is 9.87. The molecule has 6 heteroatoms. The van der Waals surface area contributed by atoms with Crippen molar-refractivity contribution in [1.82, 2.24) is 19.9 Å². The number of aromatic nitrogens is 4. The summed E-state index contributed by atoms with van der Waals surface area (Å²) in [6.45, 7) is 1.90. The van der Waals surface area contributed by atoms with E-state index in [1.165, 1.54) is 6.20 Å². The van der Waals surface area contributed by atoms with Crippen molar-refractivity contribution in [1.29, 1.82) is 0 Å². The molecule has 0 fully saturated rings. The van der Waals surface area contributed by atoms with E-state index in [0.717, 1.165) is 11.4 Å². The summed E-state index contributed by atoms with van der Waals surface area (Å²) >= 11 is 0. The Labute approximate surface area is 121 Å². The Bertz CT molecular complexity index is 761. The van der Waals surface area contributed by atoms with Gasteiger partial charge in [0.15, 0.2) is 17.4 Å². The monoisotopic (exact) mass is 279 g/mol. The molecule has 0 amide bonds. The summed E-state index contributed by atoms with van der Waals surface area (Å²) in [6.07, 6.45) is 4.67. The van der Waals surface area contributed by atoms with Gasteiger partial charge in [-0.15, -0.1) is 0 Å². The fourth-order valence-corrected chi connectivity index (χ4v) is 1.83. The summed E-state index contributed by atoms with van der Waals surface area (Å²) in [5, 5.41) is 12.9. The fraction of sp³-hybridized carbons (Fsp3) is 0.0667. The average molecular weight is 279 g/mol. The minimum Gasteiger partial charge on any atom is -0.503 e. The smallest absolute Gasteiger partial charge is 0.180 e. The van der Waals surface area contributed by atoms with Crippen molar-refractivity contribution in [3.05, 3.63) is 54.6 Å². The number of pyridine rings is 2. The van der Waals surface area contributed by atoms with Crippen LogP contribution >= 0.6 is 0 Å². The highest BCUT2D eigenvalue weighted by Crippen LogP contribution is 2.25. The first-order chi connectivity index (χ1) is 10.2. The maximum Gasteiger partial charge on any atom is 0.180 e. The van der Waals surface area contributed by atoms with Crippen LogP contribution in [0.4, 0.5) is 11.5 Å². The molecule has 3 heterocycles. The largest absolute Gasteiger partial charge is 0.503 e. The Morgan fingerprint density at radius 2 is 1.86 bits per heavy atom. The average Bonchev–Trinajstić information content (AvgIpc) is 2.50. The zero-order chi connectivity index (χ0) is 14.7.